The quantitative estimate of drug-likeness (QED) is 0.934. The molecule has 0 aliphatic carbocycles. The molecule has 2 heterocycles. The third-order valence-electron chi connectivity index (χ3n) is 4.70. The van der Waals surface area contributed by atoms with Gasteiger partial charge in [-0.05, 0) is 29.2 Å². The lowest BCUT2D eigenvalue weighted by Gasteiger charge is -2.32. The summed E-state index contributed by atoms with van der Waals surface area (Å²) >= 11 is 0. The van der Waals surface area contributed by atoms with E-state index in [2.05, 4.69) is 51.8 Å². The molecule has 4 heteroatoms. The number of rotatable bonds is 4. The molecule has 2 aliphatic heterocycles. The van der Waals surface area contributed by atoms with E-state index in [1.54, 1.807) is 0 Å². The van der Waals surface area contributed by atoms with Gasteiger partial charge in [-0.2, -0.15) is 0 Å². The molecule has 4 nitrogen and oxygen atoms in total. The predicted molar refractivity (Wildman–Crippen MR) is 101 cm³/mol. The lowest BCUT2D eigenvalue weighted by Crippen LogP contribution is -2.44. The van der Waals surface area contributed by atoms with Crippen LogP contribution < -0.4 is 5.48 Å². The van der Waals surface area contributed by atoms with Crippen LogP contribution in [0.5, 0.6) is 0 Å². The number of nitrogens with zero attached hydrogens (tertiary/aromatic N) is 2. The molecule has 2 aliphatic rings. The fourth-order valence-corrected chi connectivity index (χ4v) is 3.33. The van der Waals surface area contributed by atoms with Crippen LogP contribution in [0.3, 0.4) is 0 Å². The molecular weight excluding hydrogens is 310 g/mol. The molecule has 0 saturated carbocycles. The molecule has 0 fully saturated rings. The van der Waals surface area contributed by atoms with Crippen LogP contribution in [0.15, 0.2) is 65.7 Å². The average Bonchev–Trinajstić information content (AvgIpc) is 2.68. The molecule has 0 radical (unpaired) electrons. The zero-order valence-corrected chi connectivity index (χ0v) is 14.3. The molecule has 2 aromatic carbocycles. The summed E-state index contributed by atoms with van der Waals surface area (Å²) in [5.41, 5.74) is 7.06. The standard InChI is InChI=1S/C21H23N3O/c1-2-6-17(7-3-1)10-11-21-22-14-20(25-23-21)16-24-13-12-18-8-4-5-9-19(18)15-24/h1-11,20H,12-16H2,(H,22,23)/b11-10+. The molecule has 128 valence electrons. The first kappa shape index (κ1) is 16.1. The molecule has 0 aromatic heterocycles. The van der Waals surface area contributed by atoms with Crippen molar-refractivity contribution in [1.29, 1.82) is 0 Å². The Balaban J connectivity index is 1.30. The van der Waals surface area contributed by atoms with Crippen LogP contribution in [0.4, 0.5) is 0 Å². The van der Waals surface area contributed by atoms with Crippen molar-refractivity contribution >= 4 is 11.9 Å². The van der Waals surface area contributed by atoms with E-state index in [0.717, 1.165) is 37.5 Å². The van der Waals surface area contributed by atoms with Gasteiger partial charge < -0.3 is 0 Å². The van der Waals surface area contributed by atoms with E-state index in [1.165, 1.54) is 11.1 Å². The van der Waals surface area contributed by atoms with Crippen molar-refractivity contribution in [3.8, 4) is 0 Å². The maximum atomic E-state index is 5.80. The van der Waals surface area contributed by atoms with Gasteiger partial charge in [0.25, 0.3) is 0 Å². The number of hydrogen-bond acceptors (Lipinski definition) is 4. The van der Waals surface area contributed by atoms with E-state index < -0.39 is 0 Å². The number of amidine groups is 1. The second-order valence-corrected chi connectivity index (χ2v) is 6.57. The zero-order valence-electron chi connectivity index (χ0n) is 14.3. The Morgan fingerprint density at radius 1 is 1.04 bits per heavy atom. The van der Waals surface area contributed by atoms with Crippen molar-refractivity contribution in [2.75, 3.05) is 19.6 Å². The van der Waals surface area contributed by atoms with E-state index in [4.69, 9.17) is 4.84 Å². The van der Waals surface area contributed by atoms with E-state index in [1.807, 2.05) is 30.4 Å². The van der Waals surface area contributed by atoms with Gasteiger partial charge in [-0.1, -0.05) is 60.7 Å². The molecule has 1 atom stereocenters. The predicted octanol–water partition coefficient (Wildman–Crippen LogP) is 3.06. The first-order valence-corrected chi connectivity index (χ1v) is 8.85. The minimum atomic E-state index is 0.0964. The largest absolute Gasteiger partial charge is 0.296 e. The topological polar surface area (TPSA) is 36.9 Å². The van der Waals surface area contributed by atoms with E-state index in [9.17, 15) is 0 Å². The SMILES string of the molecule is C(=C\c1ccccc1)/C1=NCC(CN2CCc3ccccc3C2)ON1. The summed E-state index contributed by atoms with van der Waals surface area (Å²) in [7, 11) is 0. The summed E-state index contributed by atoms with van der Waals surface area (Å²) in [6.07, 6.45) is 5.21. The first-order chi connectivity index (χ1) is 12.4. The van der Waals surface area contributed by atoms with Crippen molar-refractivity contribution in [2.24, 2.45) is 4.99 Å². The molecule has 25 heavy (non-hydrogen) atoms. The monoisotopic (exact) mass is 333 g/mol. The van der Waals surface area contributed by atoms with Gasteiger partial charge in [-0.15, -0.1) is 0 Å². The van der Waals surface area contributed by atoms with Crippen LogP contribution >= 0.6 is 0 Å². The number of benzene rings is 2. The third-order valence-corrected chi connectivity index (χ3v) is 4.70. The Labute approximate surface area is 148 Å². The summed E-state index contributed by atoms with van der Waals surface area (Å²) in [5, 5.41) is 0. The minimum absolute atomic E-state index is 0.0964. The minimum Gasteiger partial charge on any atom is -0.296 e. The van der Waals surface area contributed by atoms with Crippen LogP contribution in [0, 0.1) is 0 Å². The van der Waals surface area contributed by atoms with Crippen LogP contribution in [0.2, 0.25) is 0 Å². The number of aliphatic imine (C=N–C) groups is 1. The molecule has 2 aromatic rings. The fraction of sp³-hybridized carbons (Fsp3) is 0.286. The molecule has 0 bridgehead atoms. The Kier molecular flexibility index (Phi) is 4.91. The Morgan fingerprint density at radius 2 is 1.84 bits per heavy atom. The summed E-state index contributed by atoms with van der Waals surface area (Å²) in [5.74, 6) is 0.782. The summed E-state index contributed by atoms with van der Waals surface area (Å²) in [6, 6.07) is 18.9. The van der Waals surface area contributed by atoms with Gasteiger partial charge >= 0.3 is 0 Å². The molecule has 4 rings (SSSR count). The van der Waals surface area contributed by atoms with Crippen molar-refractivity contribution < 1.29 is 4.84 Å². The second kappa shape index (κ2) is 7.64. The maximum Gasteiger partial charge on any atom is 0.145 e. The van der Waals surface area contributed by atoms with Gasteiger partial charge in [-0.3, -0.25) is 14.7 Å². The van der Waals surface area contributed by atoms with Gasteiger partial charge in [0.05, 0.1) is 6.54 Å². The van der Waals surface area contributed by atoms with Crippen molar-refractivity contribution in [2.45, 2.75) is 19.1 Å². The van der Waals surface area contributed by atoms with Gasteiger partial charge in [0.2, 0.25) is 0 Å². The highest BCUT2D eigenvalue weighted by atomic mass is 16.7. The van der Waals surface area contributed by atoms with Gasteiger partial charge in [0.15, 0.2) is 0 Å². The van der Waals surface area contributed by atoms with E-state index in [0.29, 0.717) is 6.54 Å². The molecule has 0 amide bonds. The molecule has 0 saturated heterocycles. The summed E-state index contributed by atoms with van der Waals surface area (Å²) in [4.78, 5) is 12.9. The molecular formula is C21H23N3O. The lowest BCUT2D eigenvalue weighted by atomic mass is 10.00. The Morgan fingerprint density at radius 3 is 2.64 bits per heavy atom. The first-order valence-electron chi connectivity index (χ1n) is 8.85. The zero-order chi connectivity index (χ0) is 16.9. The molecule has 1 unspecified atom stereocenters. The smallest absolute Gasteiger partial charge is 0.145 e. The average molecular weight is 333 g/mol. The highest BCUT2D eigenvalue weighted by Crippen LogP contribution is 2.19. The number of hydrogen-bond donors (Lipinski definition) is 1. The van der Waals surface area contributed by atoms with Crippen molar-refractivity contribution in [1.82, 2.24) is 10.4 Å². The third kappa shape index (κ3) is 4.16. The molecule has 1 N–H and O–H groups in total. The second-order valence-electron chi connectivity index (χ2n) is 6.57. The fourth-order valence-electron chi connectivity index (χ4n) is 3.33. The van der Waals surface area contributed by atoms with Crippen LogP contribution in [0.25, 0.3) is 6.08 Å². The van der Waals surface area contributed by atoms with Gasteiger partial charge in [0.1, 0.15) is 11.9 Å². The Hall–Kier alpha value is -2.43. The van der Waals surface area contributed by atoms with Crippen LogP contribution in [0.1, 0.15) is 16.7 Å². The maximum absolute atomic E-state index is 5.80. The van der Waals surface area contributed by atoms with Gasteiger partial charge in [-0.25, -0.2) is 5.48 Å². The molecule has 0 spiro atoms. The Bertz CT molecular complexity index is 770. The normalized spacial score (nSPS) is 20.8. The van der Waals surface area contributed by atoms with E-state index >= 15 is 0 Å². The van der Waals surface area contributed by atoms with Crippen LogP contribution in [-0.2, 0) is 17.8 Å². The van der Waals surface area contributed by atoms with Crippen LogP contribution in [-0.4, -0.2) is 36.5 Å². The lowest BCUT2D eigenvalue weighted by molar-refractivity contribution is -0.0149. The highest BCUT2D eigenvalue weighted by molar-refractivity contribution is 5.96. The van der Waals surface area contributed by atoms with Crippen molar-refractivity contribution in [3.63, 3.8) is 0 Å². The highest BCUT2D eigenvalue weighted by Gasteiger charge is 2.22. The number of nitrogens with one attached hydrogen (secondary N) is 1. The number of fused-ring (bicyclic) bond motifs is 1. The van der Waals surface area contributed by atoms with Gasteiger partial charge in [0, 0.05) is 19.6 Å². The van der Waals surface area contributed by atoms with Crippen molar-refractivity contribution in [3.05, 3.63) is 77.4 Å². The summed E-state index contributed by atoms with van der Waals surface area (Å²) in [6.45, 7) is 3.68. The van der Waals surface area contributed by atoms with E-state index in [-0.39, 0.29) is 6.10 Å². The number of hydroxylamine groups is 1. The summed E-state index contributed by atoms with van der Waals surface area (Å²) < 4.78 is 0.